The highest BCUT2D eigenvalue weighted by atomic mass is 31.2. The molecule has 0 spiro atoms. The Labute approximate surface area is 65.6 Å². The summed E-state index contributed by atoms with van der Waals surface area (Å²) < 4.78 is 19.0. The zero-order valence-electron chi connectivity index (χ0n) is 6.56. The van der Waals surface area contributed by atoms with Crippen LogP contribution < -0.4 is 0 Å². The van der Waals surface area contributed by atoms with Crippen molar-refractivity contribution >= 4 is 7.82 Å². The molecule has 0 aromatic rings. The van der Waals surface area contributed by atoms with Crippen molar-refractivity contribution in [3.63, 3.8) is 0 Å². The lowest BCUT2D eigenvalue weighted by Gasteiger charge is -2.10. The van der Waals surface area contributed by atoms with E-state index < -0.39 is 7.82 Å². The van der Waals surface area contributed by atoms with Crippen LogP contribution in [0.3, 0.4) is 0 Å². The van der Waals surface area contributed by atoms with Gasteiger partial charge in [0.05, 0.1) is 6.10 Å². The van der Waals surface area contributed by atoms with Crippen molar-refractivity contribution in [3.8, 4) is 0 Å². The van der Waals surface area contributed by atoms with Gasteiger partial charge in [0, 0.05) is 0 Å². The van der Waals surface area contributed by atoms with E-state index in [1.54, 1.807) is 6.92 Å². The minimum Gasteiger partial charge on any atom is -0.352 e. The molecule has 6 heteroatoms. The Hall–Kier alpha value is 0.0700. The summed E-state index contributed by atoms with van der Waals surface area (Å²) in [5.41, 5.74) is 0. The molecule has 0 heterocycles. The number of rotatable bonds is 5. The van der Waals surface area contributed by atoms with Gasteiger partial charge in [0.15, 0.2) is 6.79 Å². The Morgan fingerprint density at radius 2 is 2.09 bits per heavy atom. The first-order chi connectivity index (χ1) is 4.95. The van der Waals surface area contributed by atoms with Crippen LogP contribution in [0, 0.1) is 0 Å². The molecule has 1 atom stereocenters. The molecule has 0 rings (SSSR count). The molecule has 0 amide bonds. The minimum atomic E-state index is -4.36. The van der Waals surface area contributed by atoms with Crippen LogP contribution in [-0.4, -0.2) is 22.7 Å². The number of hydrogen-bond acceptors (Lipinski definition) is 3. The van der Waals surface area contributed by atoms with E-state index in [-0.39, 0.29) is 12.9 Å². The molecule has 68 valence electrons. The predicted molar refractivity (Wildman–Crippen MR) is 38.8 cm³/mol. The maximum absolute atomic E-state index is 10.1. The number of hydrogen-bond donors (Lipinski definition) is 2. The van der Waals surface area contributed by atoms with Gasteiger partial charge >= 0.3 is 7.82 Å². The van der Waals surface area contributed by atoms with Crippen LogP contribution in [-0.2, 0) is 13.8 Å². The molecular formula is C5H13O5P. The predicted octanol–water partition coefficient (Wildman–Crippen LogP) is 0.868. The Balaban J connectivity index is 3.35. The molecule has 2 N–H and O–H groups in total. The van der Waals surface area contributed by atoms with Gasteiger partial charge in [-0.3, -0.25) is 4.52 Å². The molecule has 0 saturated heterocycles. The lowest BCUT2D eigenvalue weighted by Crippen LogP contribution is -2.08. The van der Waals surface area contributed by atoms with Crippen LogP contribution in [0.1, 0.15) is 20.3 Å². The zero-order chi connectivity index (χ0) is 8.91. The van der Waals surface area contributed by atoms with Gasteiger partial charge < -0.3 is 14.5 Å². The third-order valence-electron chi connectivity index (χ3n) is 1.15. The monoisotopic (exact) mass is 184 g/mol. The van der Waals surface area contributed by atoms with Gasteiger partial charge in [-0.2, -0.15) is 0 Å². The highest BCUT2D eigenvalue weighted by Gasteiger charge is 2.13. The summed E-state index contributed by atoms with van der Waals surface area (Å²) in [6.45, 7) is 3.34. The van der Waals surface area contributed by atoms with Gasteiger partial charge in [0.1, 0.15) is 0 Å². The average molecular weight is 184 g/mol. The Bertz CT molecular complexity index is 142. The van der Waals surface area contributed by atoms with Gasteiger partial charge in [-0.15, -0.1) is 0 Å². The fourth-order valence-corrected chi connectivity index (χ4v) is 0.531. The van der Waals surface area contributed by atoms with E-state index in [0.717, 1.165) is 6.42 Å². The second kappa shape index (κ2) is 4.85. The van der Waals surface area contributed by atoms with E-state index in [9.17, 15) is 4.57 Å². The minimum absolute atomic E-state index is 0.0402. The van der Waals surface area contributed by atoms with Crippen molar-refractivity contribution in [1.82, 2.24) is 0 Å². The third kappa shape index (κ3) is 7.97. The topological polar surface area (TPSA) is 76.0 Å². The first kappa shape index (κ1) is 11.1. The van der Waals surface area contributed by atoms with Crippen LogP contribution in [0.15, 0.2) is 0 Å². The van der Waals surface area contributed by atoms with Crippen LogP contribution in [0.2, 0.25) is 0 Å². The van der Waals surface area contributed by atoms with Crippen LogP contribution in [0.4, 0.5) is 0 Å². The standard InChI is InChI=1S/C5H13O5P/c1-3-5(2)9-4-10-11(6,7)8/h5H,3-4H2,1-2H3,(H2,6,7,8). The van der Waals surface area contributed by atoms with Crippen LogP contribution >= 0.6 is 7.82 Å². The van der Waals surface area contributed by atoms with Crippen molar-refractivity contribution in [3.05, 3.63) is 0 Å². The SMILES string of the molecule is CCC(C)OCOP(=O)(O)O. The summed E-state index contributed by atoms with van der Waals surface area (Å²) in [4.78, 5) is 16.4. The number of phosphoric ester groups is 1. The Kier molecular flexibility index (Phi) is 4.88. The van der Waals surface area contributed by atoms with Crippen molar-refractivity contribution < 1.29 is 23.6 Å². The molecule has 0 aliphatic heterocycles. The first-order valence-electron chi connectivity index (χ1n) is 3.27. The lowest BCUT2D eigenvalue weighted by molar-refractivity contribution is -0.0407. The molecule has 1 unspecified atom stereocenters. The lowest BCUT2D eigenvalue weighted by atomic mass is 10.3. The van der Waals surface area contributed by atoms with E-state index in [4.69, 9.17) is 14.5 Å². The maximum atomic E-state index is 10.1. The molecule has 0 saturated carbocycles. The second-order valence-corrected chi connectivity index (χ2v) is 3.36. The third-order valence-corrected chi connectivity index (χ3v) is 1.59. The van der Waals surface area contributed by atoms with E-state index in [1.807, 2.05) is 6.92 Å². The molecule has 0 fully saturated rings. The fourth-order valence-electron chi connectivity index (χ4n) is 0.333. The Morgan fingerprint density at radius 1 is 1.55 bits per heavy atom. The molecule has 11 heavy (non-hydrogen) atoms. The van der Waals surface area contributed by atoms with Gasteiger partial charge in [-0.05, 0) is 13.3 Å². The largest absolute Gasteiger partial charge is 0.471 e. The van der Waals surface area contributed by atoms with Crippen molar-refractivity contribution in [2.24, 2.45) is 0 Å². The molecule has 0 radical (unpaired) electrons. The van der Waals surface area contributed by atoms with E-state index >= 15 is 0 Å². The number of ether oxygens (including phenoxy) is 1. The van der Waals surface area contributed by atoms with Crippen molar-refractivity contribution in [2.45, 2.75) is 26.4 Å². The number of phosphoric acid groups is 1. The summed E-state index contributed by atoms with van der Waals surface area (Å²) in [6.07, 6.45) is 0.742. The second-order valence-electron chi connectivity index (χ2n) is 2.12. The molecule has 0 bridgehead atoms. The summed E-state index contributed by atoms with van der Waals surface area (Å²) in [5, 5.41) is 0. The molecule has 5 nitrogen and oxygen atoms in total. The van der Waals surface area contributed by atoms with Crippen LogP contribution in [0.25, 0.3) is 0 Å². The van der Waals surface area contributed by atoms with Gasteiger partial charge in [0.25, 0.3) is 0 Å². The highest BCUT2D eigenvalue weighted by Crippen LogP contribution is 2.35. The summed E-state index contributed by atoms with van der Waals surface area (Å²) in [6, 6.07) is 0. The molecular weight excluding hydrogens is 171 g/mol. The van der Waals surface area contributed by atoms with E-state index in [0.29, 0.717) is 0 Å². The van der Waals surface area contributed by atoms with Crippen molar-refractivity contribution in [2.75, 3.05) is 6.79 Å². The quantitative estimate of drug-likeness (QED) is 0.489. The summed E-state index contributed by atoms with van der Waals surface area (Å²) in [7, 11) is -4.36. The van der Waals surface area contributed by atoms with Gasteiger partial charge in [-0.25, -0.2) is 4.57 Å². The van der Waals surface area contributed by atoms with E-state index in [1.165, 1.54) is 0 Å². The fraction of sp³-hybridized carbons (Fsp3) is 1.00. The maximum Gasteiger partial charge on any atom is 0.471 e. The van der Waals surface area contributed by atoms with Crippen molar-refractivity contribution in [1.29, 1.82) is 0 Å². The molecule has 0 aliphatic carbocycles. The molecule has 0 aromatic carbocycles. The van der Waals surface area contributed by atoms with Gasteiger partial charge in [-0.1, -0.05) is 6.92 Å². The molecule has 0 aliphatic rings. The first-order valence-corrected chi connectivity index (χ1v) is 4.80. The normalized spacial score (nSPS) is 14.9. The van der Waals surface area contributed by atoms with Crippen LogP contribution in [0.5, 0.6) is 0 Å². The van der Waals surface area contributed by atoms with Gasteiger partial charge in [0.2, 0.25) is 0 Å². The average Bonchev–Trinajstić information content (AvgIpc) is 1.85. The summed E-state index contributed by atoms with van der Waals surface area (Å²) >= 11 is 0. The smallest absolute Gasteiger partial charge is 0.352 e. The van der Waals surface area contributed by atoms with E-state index in [2.05, 4.69) is 4.52 Å². The summed E-state index contributed by atoms with van der Waals surface area (Å²) in [5.74, 6) is 0. The Morgan fingerprint density at radius 3 is 2.45 bits per heavy atom. The molecule has 0 aromatic heterocycles. The zero-order valence-corrected chi connectivity index (χ0v) is 7.45. The highest BCUT2D eigenvalue weighted by molar-refractivity contribution is 7.46.